The molecular formula is C16H17NO. The average Bonchev–Trinajstić information content (AvgIpc) is 2.40. The minimum absolute atomic E-state index is 0.126. The van der Waals surface area contributed by atoms with Gasteiger partial charge < -0.3 is 5.11 Å². The van der Waals surface area contributed by atoms with E-state index in [9.17, 15) is 5.11 Å². The summed E-state index contributed by atoms with van der Waals surface area (Å²) in [5, 5.41) is 10.9. The first-order valence-corrected chi connectivity index (χ1v) is 6.40. The second-order valence-electron chi connectivity index (χ2n) is 5.18. The van der Waals surface area contributed by atoms with E-state index in [1.807, 2.05) is 37.4 Å². The monoisotopic (exact) mass is 239 g/mol. The molecule has 1 aliphatic rings. The molecule has 0 radical (unpaired) electrons. The van der Waals surface area contributed by atoms with Crippen LogP contribution in [0.4, 0.5) is 0 Å². The van der Waals surface area contributed by atoms with Crippen LogP contribution in [0.3, 0.4) is 0 Å². The Bertz CT molecular complexity index is 548. The standard InChI is InChI=1S/C16H17NO/c1-16(18)14-7-3-2-5-12(14)8-9-15(16)13-6-4-10-17-11-13/h2-7,10-11,15,18H,8-9H2,1H3. The Kier molecular flexibility index (Phi) is 2.67. The van der Waals surface area contributed by atoms with Gasteiger partial charge in [-0.2, -0.15) is 0 Å². The van der Waals surface area contributed by atoms with Gasteiger partial charge in [0.1, 0.15) is 0 Å². The molecule has 0 saturated heterocycles. The van der Waals surface area contributed by atoms with Crippen LogP contribution in [0.25, 0.3) is 0 Å². The van der Waals surface area contributed by atoms with Crippen LogP contribution in [0.1, 0.15) is 36.0 Å². The first kappa shape index (κ1) is 11.4. The lowest BCUT2D eigenvalue weighted by Crippen LogP contribution is -2.35. The van der Waals surface area contributed by atoms with Gasteiger partial charge in [0.05, 0.1) is 5.60 Å². The molecule has 2 heteroatoms. The highest BCUT2D eigenvalue weighted by Crippen LogP contribution is 2.44. The fraction of sp³-hybridized carbons (Fsp3) is 0.312. The van der Waals surface area contributed by atoms with E-state index in [-0.39, 0.29) is 5.92 Å². The molecule has 92 valence electrons. The maximum absolute atomic E-state index is 10.9. The molecule has 1 aromatic carbocycles. The third-order valence-electron chi connectivity index (χ3n) is 4.03. The normalized spacial score (nSPS) is 26.7. The van der Waals surface area contributed by atoms with Crippen molar-refractivity contribution in [2.75, 3.05) is 0 Å². The van der Waals surface area contributed by atoms with Crippen LogP contribution in [-0.4, -0.2) is 10.1 Å². The highest BCUT2D eigenvalue weighted by Gasteiger charge is 2.39. The van der Waals surface area contributed by atoms with Crippen LogP contribution >= 0.6 is 0 Å². The number of hydrogen-bond acceptors (Lipinski definition) is 2. The second-order valence-corrected chi connectivity index (χ2v) is 5.18. The van der Waals surface area contributed by atoms with Gasteiger partial charge in [-0.1, -0.05) is 30.3 Å². The van der Waals surface area contributed by atoms with Gasteiger partial charge in [-0.3, -0.25) is 4.98 Å². The van der Waals surface area contributed by atoms with Crippen molar-refractivity contribution in [1.29, 1.82) is 0 Å². The molecule has 1 heterocycles. The Morgan fingerprint density at radius 2 is 2.06 bits per heavy atom. The summed E-state index contributed by atoms with van der Waals surface area (Å²) in [6, 6.07) is 12.2. The number of aryl methyl sites for hydroxylation is 1. The highest BCUT2D eigenvalue weighted by atomic mass is 16.3. The second kappa shape index (κ2) is 4.21. The van der Waals surface area contributed by atoms with Crippen molar-refractivity contribution >= 4 is 0 Å². The van der Waals surface area contributed by atoms with E-state index >= 15 is 0 Å². The van der Waals surface area contributed by atoms with Crippen molar-refractivity contribution in [2.45, 2.75) is 31.3 Å². The first-order chi connectivity index (χ1) is 8.69. The van der Waals surface area contributed by atoms with Gasteiger partial charge >= 0.3 is 0 Å². The van der Waals surface area contributed by atoms with Gasteiger partial charge in [-0.25, -0.2) is 0 Å². The molecule has 0 saturated carbocycles. The zero-order chi connectivity index (χ0) is 12.6. The van der Waals surface area contributed by atoms with Gasteiger partial charge in [0.15, 0.2) is 0 Å². The molecule has 3 rings (SSSR count). The molecule has 1 N–H and O–H groups in total. The lowest BCUT2D eigenvalue weighted by atomic mass is 9.70. The summed E-state index contributed by atoms with van der Waals surface area (Å²) in [5.74, 6) is 0.126. The third-order valence-corrected chi connectivity index (χ3v) is 4.03. The summed E-state index contributed by atoms with van der Waals surface area (Å²) in [5.41, 5.74) is 2.64. The quantitative estimate of drug-likeness (QED) is 0.829. The SMILES string of the molecule is CC1(O)c2ccccc2CCC1c1cccnc1. The minimum atomic E-state index is -0.808. The van der Waals surface area contributed by atoms with Crippen molar-refractivity contribution < 1.29 is 5.11 Å². The van der Waals surface area contributed by atoms with E-state index in [2.05, 4.69) is 17.1 Å². The highest BCUT2D eigenvalue weighted by molar-refractivity contribution is 5.39. The number of pyridine rings is 1. The van der Waals surface area contributed by atoms with Crippen molar-refractivity contribution in [3.05, 3.63) is 65.5 Å². The van der Waals surface area contributed by atoms with E-state index in [1.54, 1.807) is 6.20 Å². The smallest absolute Gasteiger partial charge is 0.0940 e. The van der Waals surface area contributed by atoms with Crippen molar-refractivity contribution in [1.82, 2.24) is 4.98 Å². The molecule has 0 fully saturated rings. The molecule has 1 aromatic heterocycles. The lowest BCUT2D eigenvalue weighted by molar-refractivity contribution is 0.0159. The van der Waals surface area contributed by atoms with Crippen LogP contribution in [0.5, 0.6) is 0 Å². The lowest BCUT2D eigenvalue weighted by Gasteiger charge is -2.39. The fourth-order valence-electron chi connectivity index (χ4n) is 3.07. The van der Waals surface area contributed by atoms with E-state index in [1.165, 1.54) is 5.56 Å². The fourth-order valence-corrected chi connectivity index (χ4v) is 3.07. The minimum Gasteiger partial charge on any atom is -0.385 e. The Hall–Kier alpha value is -1.67. The van der Waals surface area contributed by atoms with Crippen LogP contribution < -0.4 is 0 Å². The van der Waals surface area contributed by atoms with E-state index < -0.39 is 5.60 Å². The summed E-state index contributed by atoms with van der Waals surface area (Å²) in [4.78, 5) is 4.17. The van der Waals surface area contributed by atoms with E-state index in [4.69, 9.17) is 0 Å². The summed E-state index contributed by atoms with van der Waals surface area (Å²) in [6.07, 6.45) is 5.63. The van der Waals surface area contributed by atoms with Crippen molar-refractivity contribution in [2.24, 2.45) is 0 Å². The van der Waals surface area contributed by atoms with Crippen LogP contribution in [0.2, 0.25) is 0 Å². The van der Waals surface area contributed by atoms with Crippen LogP contribution in [-0.2, 0) is 12.0 Å². The Labute approximate surface area is 107 Å². The molecule has 0 spiro atoms. The molecule has 0 bridgehead atoms. The summed E-state index contributed by atoms with van der Waals surface area (Å²) in [6.45, 7) is 1.92. The Morgan fingerprint density at radius 3 is 2.83 bits per heavy atom. The zero-order valence-corrected chi connectivity index (χ0v) is 10.5. The van der Waals surface area contributed by atoms with Gasteiger partial charge in [0, 0.05) is 18.3 Å². The topological polar surface area (TPSA) is 33.1 Å². The molecule has 2 nitrogen and oxygen atoms in total. The van der Waals surface area contributed by atoms with E-state index in [0.29, 0.717) is 0 Å². The van der Waals surface area contributed by atoms with Crippen molar-refractivity contribution in [3.8, 4) is 0 Å². The molecular weight excluding hydrogens is 222 g/mol. The molecule has 0 amide bonds. The number of aliphatic hydroxyl groups is 1. The number of nitrogens with zero attached hydrogens (tertiary/aromatic N) is 1. The van der Waals surface area contributed by atoms with Crippen molar-refractivity contribution in [3.63, 3.8) is 0 Å². The largest absolute Gasteiger partial charge is 0.385 e. The molecule has 1 aliphatic carbocycles. The molecule has 2 atom stereocenters. The number of hydrogen-bond donors (Lipinski definition) is 1. The summed E-state index contributed by atoms with van der Waals surface area (Å²) in [7, 11) is 0. The van der Waals surface area contributed by atoms with Gasteiger partial charge in [-0.05, 0) is 42.5 Å². The Balaban J connectivity index is 2.06. The van der Waals surface area contributed by atoms with Crippen LogP contribution in [0.15, 0.2) is 48.8 Å². The number of aromatic nitrogens is 1. The van der Waals surface area contributed by atoms with Gasteiger partial charge in [0.25, 0.3) is 0 Å². The average molecular weight is 239 g/mol. The first-order valence-electron chi connectivity index (χ1n) is 6.40. The van der Waals surface area contributed by atoms with Crippen LogP contribution in [0, 0.1) is 0 Å². The summed E-state index contributed by atoms with van der Waals surface area (Å²) >= 11 is 0. The predicted molar refractivity (Wildman–Crippen MR) is 71.3 cm³/mol. The molecule has 2 aromatic rings. The number of rotatable bonds is 1. The molecule has 2 unspecified atom stereocenters. The maximum atomic E-state index is 10.9. The zero-order valence-electron chi connectivity index (χ0n) is 10.5. The third kappa shape index (κ3) is 1.73. The van der Waals surface area contributed by atoms with E-state index in [0.717, 1.165) is 24.0 Å². The van der Waals surface area contributed by atoms with Gasteiger partial charge in [-0.15, -0.1) is 0 Å². The summed E-state index contributed by atoms with van der Waals surface area (Å²) < 4.78 is 0. The predicted octanol–water partition coefficient (Wildman–Crippen LogP) is 3.02. The number of fused-ring (bicyclic) bond motifs is 1. The van der Waals surface area contributed by atoms with Gasteiger partial charge in [0.2, 0.25) is 0 Å². The molecule has 0 aliphatic heterocycles. The number of benzene rings is 1. The molecule has 18 heavy (non-hydrogen) atoms. The maximum Gasteiger partial charge on any atom is 0.0940 e. The Morgan fingerprint density at radius 1 is 1.22 bits per heavy atom.